The molecule has 3 aromatic rings. The SMILES string of the molecule is CNc1cccc(OC)c1COc1cc(-c2cccc(Cl)c2)ccc1C. The van der Waals surface area contributed by atoms with E-state index in [1.807, 2.05) is 56.4 Å². The standard InChI is InChI=1S/C22H22ClNO2/c1-15-10-11-17(16-6-4-7-18(23)12-16)13-22(15)26-14-19-20(24-2)8-5-9-21(19)25-3/h4-13,24H,14H2,1-3H3. The lowest BCUT2D eigenvalue weighted by Gasteiger charge is -2.16. The Balaban J connectivity index is 1.88. The van der Waals surface area contributed by atoms with Gasteiger partial charge in [-0.2, -0.15) is 0 Å². The first-order valence-electron chi connectivity index (χ1n) is 8.45. The van der Waals surface area contributed by atoms with Crippen molar-refractivity contribution in [1.29, 1.82) is 0 Å². The zero-order valence-corrected chi connectivity index (χ0v) is 15.9. The number of benzene rings is 3. The number of ether oxygens (including phenoxy) is 2. The Bertz CT molecular complexity index is 886. The number of halogens is 1. The average Bonchev–Trinajstić information content (AvgIpc) is 2.67. The molecule has 4 heteroatoms. The number of aryl methyl sites for hydroxylation is 1. The van der Waals surface area contributed by atoms with Crippen LogP contribution in [0.15, 0.2) is 60.7 Å². The monoisotopic (exact) mass is 367 g/mol. The quantitative estimate of drug-likeness (QED) is 0.584. The van der Waals surface area contributed by atoms with E-state index in [2.05, 4.69) is 23.5 Å². The highest BCUT2D eigenvalue weighted by Crippen LogP contribution is 2.31. The van der Waals surface area contributed by atoms with Crippen LogP contribution in [0.2, 0.25) is 5.02 Å². The van der Waals surface area contributed by atoms with Gasteiger partial charge in [0, 0.05) is 17.8 Å². The topological polar surface area (TPSA) is 30.5 Å². The lowest BCUT2D eigenvalue weighted by atomic mass is 10.0. The molecule has 0 aliphatic carbocycles. The molecular formula is C22H22ClNO2. The third kappa shape index (κ3) is 3.94. The molecule has 0 saturated heterocycles. The molecule has 3 rings (SSSR count). The summed E-state index contributed by atoms with van der Waals surface area (Å²) in [6.07, 6.45) is 0. The molecule has 0 spiro atoms. The van der Waals surface area contributed by atoms with Gasteiger partial charge in [-0.05, 0) is 53.9 Å². The van der Waals surface area contributed by atoms with Gasteiger partial charge in [-0.1, -0.05) is 41.9 Å². The lowest BCUT2D eigenvalue weighted by molar-refractivity contribution is 0.295. The van der Waals surface area contributed by atoms with E-state index in [-0.39, 0.29) is 0 Å². The summed E-state index contributed by atoms with van der Waals surface area (Å²) in [5.41, 5.74) is 5.20. The van der Waals surface area contributed by atoms with Crippen LogP contribution in [-0.2, 0) is 6.61 Å². The number of nitrogens with one attached hydrogen (secondary N) is 1. The van der Waals surface area contributed by atoms with Crippen LogP contribution in [0.3, 0.4) is 0 Å². The number of hydrogen-bond acceptors (Lipinski definition) is 3. The Morgan fingerprint density at radius 3 is 2.42 bits per heavy atom. The Hall–Kier alpha value is -2.65. The van der Waals surface area contributed by atoms with Gasteiger partial charge >= 0.3 is 0 Å². The number of anilines is 1. The van der Waals surface area contributed by atoms with Crippen molar-refractivity contribution in [2.24, 2.45) is 0 Å². The first-order valence-corrected chi connectivity index (χ1v) is 8.83. The van der Waals surface area contributed by atoms with Gasteiger partial charge < -0.3 is 14.8 Å². The van der Waals surface area contributed by atoms with Crippen LogP contribution in [0, 0.1) is 6.92 Å². The van der Waals surface area contributed by atoms with Crippen molar-refractivity contribution < 1.29 is 9.47 Å². The lowest BCUT2D eigenvalue weighted by Crippen LogP contribution is -2.04. The van der Waals surface area contributed by atoms with Crippen molar-refractivity contribution in [3.8, 4) is 22.6 Å². The van der Waals surface area contributed by atoms with E-state index in [4.69, 9.17) is 21.1 Å². The molecular weight excluding hydrogens is 346 g/mol. The van der Waals surface area contributed by atoms with E-state index in [9.17, 15) is 0 Å². The van der Waals surface area contributed by atoms with Crippen LogP contribution >= 0.6 is 11.6 Å². The predicted octanol–water partition coefficient (Wildman–Crippen LogP) is 5.94. The molecule has 134 valence electrons. The molecule has 0 radical (unpaired) electrons. The van der Waals surface area contributed by atoms with Gasteiger partial charge in [-0.25, -0.2) is 0 Å². The summed E-state index contributed by atoms with van der Waals surface area (Å²) < 4.78 is 11.6. The normalized spacial score (nSPS) is 10.5. The molecule has 0 bridgehead atoms. The summed E-state index contributed by atoms with van der Waals surface area (Å²) in [6, 6.07) is 19.9. The summed E-state index contributed by atoms with van der Waals surface area (Å²) in [6.45, 7) is 2.46. The Morgan fingerprint density at radius 1 is 0.923 bits per heavy atom. The summed E-state index contributed by atoms with van der Waals surface area (Å²) in [7, 11) is 3.56. The molecule has 0 aromatic heterocycles. The maximum absolute atomic E-state index is 6.15. The first-order chi connectivity index (χ1) is 12.6. The molecule has 0 atom stereocenters. The van der Waals surface area contributed by atoms with E-state index in [0.29, 0.717) is 6.61 Å². The van der Waals surface area contributed by atoms with E-state index in [1.165, 1.54) is 0 Å². The zero-order valence-electron chi connectivity index (χ0n) is 15.2. The van der Waals surface area contributed by atoms with Crippen molar-refractivity contribution in [3.63, 3.8) is 0 Å². The highest BCUT2D eigenvalue weighted by Gasteiger charge is 2.11. The van der Waals surface area contributed by atoms with E-state index in [1.54, 1.807) is 7.11 Å². The summed E-state index contributed by atoms with van der Waals surface area (Å²) in [4.78, 5) is 0. The van der Waals surface area contributed by atoms with Crippen molar-refractivity contribution in [2.75, 3.05) is 19.5 Å². The Morgan fingerprint density at radius 2 is 1.69 bits per heavy atom. The fraction of sp³-hybridized carbons (Fsp3) is 0.182. The Labute approximate surface area is 159 Å². The van der Waals surface area contributed by atoms with E-state index < -0.39 is 0 Å². The van der Waals surface area contributed by atoms with Crippen LogP contribution in [0.1, 0.15) is 11.1 Å². The molecule has 1 N–H and O–H groups in total. The molecule has 0 amide bonds. The highest BCUT2D eigenvalue weighted by atomic mass is 35.5. The van der Waals surface area contributed by atoms with Crippen LogP contribution in [0.5, 0.6) is 11.5 Å². The van der Waals surface area contributed by atoms with E-state index >= 15 is 0 Å². The van der Waals surface area contributed by atoms with Crippen molar-refractivity contribution in [2.45, 2.75) is 13.5 Å². The van der Waals surface area contributed by atoms with Crippen molar-refractivity contribution >= 4 is 17.3 Å². The third-order valence-electron chi connectivity index (χ3n) is 4.34. The third-order valence-corrected chi connectivity index (χ3v) is 4.58. The summed E-state index contributed by atoms with van der Waals surface area (Å²) in [5, 5.41) is 3.91. The van der Waals surface area contributed by atoms with E-state index in [0.717, 1.165) is 44.5 Å². The molecule has 0 saturated carbocycles. The van der Waals surface area contributed by atoms with Crippen LogP contribution < -0.4 is 14.8 Å². The van der Waals surface area contributed by atoms with Crippen LogP contribution in [0.25, 0.3) is 11.1 Å². The van der Waals surface area contributed by atoms with Crippen LogP contribution in [0.4, 0.5) is 5.69 Å². The molecule has 0 heterocycles. The smallest absolute Gasteiger partial charge is 0.127 e. The minimum atomic E-state index is 0.417. The molecule has 3 nitrogen and oxygen atoms in total. The second-order valence-electron chi connectivity index (χ2n) is 6.02. The summed E-state index contributed by atoms with van der Waals surface area (Å²) in [5.74, 6) is 1.65. The maximum atomic E-state index is 6.15. The van der Waals surface area contributed by atoms with Gasteiger partial charge in [-0.15, -0.1) is 0 Å². The zero-order chi connectivity index (χ0) is 18.5. The second kappa shape index (κ2) is 8.15. The molecule has 0 unspecified atom stereocenters. The summed E-state index contributed by atoms with van der Waals surface area (Å²) >= 11 is 6.12. The minimum absolute atomic E-state index is 0.417. The number of rotatable bonds is 6. The second-order valence-corrected chi connectivity index (χ2v) is 6.45. The first kappa shape index (κ1) is 18.2. The van der Waals surface area contributed by atoms with Crippen molar-refractivity contribution in [1.82, 2.24) is 0 Å². The highest BCUT2D eigenvalue weighted by molar-refractivity contribution is 6.30. The largest absolute Gasteiger partial charge is 0.496 e. The molecule has 0 fully saturated rings. The fourth-order valence-electron chi connectivity index (χ4n) is 2.89. The molecule has 3 aromatic carbocycles. The van der Waals surface area contributed by atoms with Gasteiger partial charge in [-0.3, -0.25) is 0 Å². The average molecular weight is 368 g/mol. The van der Waals surface area contributed by atoms with Gasteiger partial charge in [0.1, 0.15) is 18.1 Å². The van der Waals surface area contributed by atoms with Crippen LogP contribution in [-0.4, -0.2) is 14.2 Å². The maximum Gasteiger partial charge on any atom is 0.127 e. The molecule has 0 aliphatic rings. The minimum Gasteiger partial charge on any atom is -0.496 e. The van der Waals surface area contributed by atoms with Gasteiger partial charge in [0.15, 0.2) is 0 Å². The predicted molar refractivity (Wildman–Crippen MR) is 108 cm³/mol. The number of hydrogen-bond donors (Lipinski definition) is 1. The van der Waals surface area contributed by atoms with Gasteiger partial charge in [0.25, 0.3) is 0 Å². The fourth-order valence-corrected chi connectivity index (χ4v) is 3.08. The number of methoxy groups -OCH3 is 1. The van der Waals surface area contributed by atoms with Gasteiger partial charge in [0.05, 0.1) is 12.7 Å². The Kier molecular flexibility index (Phi) is 5.69. The molecule has 0 aliphatic heterocycles. The van der Waals surface area contributed by atoms with Gasteiger partial charge in [0.2, 0.25) is 0 Å². The van der Waals surface area contributed by atoms with Crippen molar-refractivity contribution in [3.05, 3.63) is 76.8 Å². The molecule has 26 heavy (non-hydrogen) atoms.